The molecule has 6 heteroatoms. The number of carbonyl (C=O) groups is 2. The van der Waals surface area contributed by atoms with Gasteiger partial charge in [0.1, 0.15) is 5.75 Å². The molecule has 2 aromatic rings. The number of halogens is 1. The molecule has 0 aromatic heterocycles. The number of nitrogens with zero attached hydrogens (tertiary/aromatic N) is 1. The van der Waals surface area contributed by atoms with Crippen molar-refractivity contribution in [3.8, 4) is 5.75 Å². The fraction of sp³-hybridized carbons (Fsp3) is 0.158. The summed E-state index contributed by atoms with van der Waals surface area (Å²) < 4.78 is 5.70. The predicted molar refractivity (Wildman–Crippen MR) is 97.8 cm³/mol. The summed E-state index contributed by atoms with van der Waals surface area (Å²) in [5.74, 6) is -0.0196. The standard InChI is InChI=1S/C19H17ClN2O3/c1-21-19(24)17-12-22(15-8-4-5-9-16(15)25-17)18(23)11-10-13-6-2-3-7-14(13)20/h2-11,17H,12H2,1H3,(H,21,24)/b11-10+. The maximum absolute atomic E-state index is 12.7. The lowest BCUT2D eigenvalue weighted by Crippen LogP contribution is -2.49. The molecule has 3 rings (SSSR count). The van der Waals surface area contributed by atoms with Gasteiger partial charge in [-0.15, -0.1) is 0 Å². The first-order valence-electron chi connectivity index (χ1n) is 7.81. The van der Waals surface area contributed by atoms with Gasteiger partial charge in [0.25, 0.3) is 11.8 Å². The number of hydrogen-bond acceptors (Lipinski definition) is 3. The number of para-hydroxylation sites is 2. The van der Waals surface area contributed by atoms with Crippen molar-refractivity contribution in [2.24, 2.45) is 0 Å². The van der Waals surface area contributed by atoms with Gasteiger partial charge in [0.2, 0.25) is 0 Å². The van der Waals surface area contributed by atoms with Gasteiger partial charge < -0.3 is 15.0 Å². The van der Waals surface area contributed by atoms with Crippen LogP contribution in [0.1, 0.15) is 5.56 Å². The van der Waals surface area contributed by atoms with Crippen LogP contribution in [0.4, 0.5) is 5.69 Å². The zero-order valence-corrected chi connectivity index (χ0v) is 14.4. The molecule has 1 aliphatic rings. The summed E-state index contributed by atoms with van der Waals surface area (Å²) in [6.07, 6.45) is 2.36. The molecule has 1 unspecified atom stereocenters. The number of ether oxygens (including phenoxy) is 1. The molecular formula is C19H17ClN2O3. The third kappa shape index (κ3) is 3.67. The highest BCUT2D eigenvalue weighted by Gasteiger charge is 2.32. The van der Waals surface area contributed by atoms with E-state index < -0.39 is 6.10 Å². The Morgan fingerprint density at radius 1 is 1.20 bits per heavy atom. The van der Waals surface area contributed by atoms with Gasteiger partial charge in [-0.05, 0) is 29.8 Å². The molecule has 1 N–H and O–H groups in total. The summed E-state index contributed by atoms with van der Waals surface area (Å²) in [6, 6.07) is 14.4. The van der Waals surface area contributed by atoms with Gasteiger partial charge >= 0.3 is 0 Å². The minimum atomic E-state index is -0.752. The van der Waals surface area contributed by atoms with Gasteiger partial charge in [0.15, 0.2) is 6.10 Å². The van der Waals surface area contributed by atoms with Crippen LogP contribution in [0.25, 0.3) is 6.08 Å². The van der Waals surface area contributed by atoms with Crippen LogP contribution in [0.5, 0.6) is 5.75 Å². The number of amides is 2. The first kappa shape index (κ1) is 17.0. The van der Waals surface area contributed by atoms with Gasteiger partial charge in [-0.1, -0.05) is 41.9 Å². The number of fused-ring (bicyclic) bond motifs is 1. The van der Waals surface area contributed by atoms with Crippen molar-refractivity contribution < 1.29 is 14.3 Å². The molecular weight excluding hydrogens is 340 g/mol. The fourth-order valence-electron chi connectivity index (χ4n) is 2.60. The number of rotatable bonds is 3. The third-order valence-electron chi connectivity index (χ3n) is 3.89. The molecule has 0 aliphatic carbocycles. The molecule has 1 heterocycles. The van der Waals surface area contributed by atoms with Crippen LogP contribution in [0, 0.1) is 0 Å². The van der Waals surface area contributed by atoms with E-state index in [1.807, 2.05) is 24.3 Å². The van der Waals surface area contributed by atoms with E-state index in [4.69, 9.17) is 16.3 Å². The summed E-state index contributed by atoms with van der Waals surface area (Å²) in [7, 11) is 1.54. The second-order valence-corrected chi connectivity index (χ2v) is 5.90. The van der Waals surface area contributed by atoms with Gasteiger partial charge in [0.05, 0.1) is 12.2 Å². The molecule has 0 radical (unpaired) electrons. The summed E-state index contributed by atoms with van der Waals surface area (Å²) >= 11 is 6.11. The van der Waals surface area contributed by atoms with Crippen LogP contribution in [0.15, 0.2) is 54.6 Å². The normalized spacial score (nSPS) is 16.2. The minimum absolute atomic E-state index is 0.141. The largest absolute Gasteiger partial charge is 0.477 e. The number of hydrogen-bond donors (Lipinski definition) is 1. The van der Waals surface area contributed by atoms with Crippen LogP contribution in [0.3, 0.4) is 0 Å². The molecule has 2 amide bonds. The number of nitrogens with one attached hydrogen (secondary N) is 1. The number of carbonyl (C=O) groups excluding carboxylic acids is 2. The lowest BCUT2D eigenvalue weighted by molar-refractivity contribution is -0.127. The zero-order valence-electron chi connectivity index (χ0n) is 13.6. The van der Waals surface area contributed by atoms with Gasteiger partial charge in [-0.25, -0.2) is 0 Å². The van der Waals surface area contributed by atoms with E-state index in [1.165, 1.54) is 18.0 Å². The lowest BCUT2D eigenvalue weighted by Gasteiger charge is -2.33. The lowest BCUT2D eigenvalue weighted by atomic mass is 10.1. The molecule has 2 aromatic carbocycles. The van der Waals surface area contributed by atoms with E-state index in [0.29, 0.717) is 16.5 Å². The second kappa shape index (κ2) is 7.40. The molecule has 0 bridgehead atoms. The molecule has 5 nitrogen and oxygen atoms in total. The maximum Gasteiger partial charge on any atom is 0.262 e. The highest BCUT2D eigenvalue weighted by atomic mass is 35.5. The predicted octanol–water partition coefficient (Wildman–Crippen LogP) is 2.89. The number of anilines is 1. The Hall–Kier alpha value is -2.79. The summed E-state index contributed by atoms with van der Waals surface area (Å²) in [6.45, 7) is 0.141. The Morgan fingerprint density at radius 3 is 2.68 bits per heavy atom. The van der Waals surface area contributed by atoms with Crippen LogP contribution >= 0.6 is 11.6 Å². The fourth-order valence-corrected chi connectivity index (χ4v) is 2.80. The molecule has 0 spiro atoms. The van der Waals surface area contributed by atoms with Crippen molar-refractivity contribution in [2.75, 3.05) is 18.5 Å². The molecule has 1 atom stereocenters. The van der Waals surface area contributed by atoms with E-state index in [0.717, 1.165) is 5.56 Å². The average Bonchev–Trinajstić information content (AvgIpc) is 2.65. The van der Waals surface area contributed by atoms with Crippen molar-refractivity contribution in [1.29, 1.82) is 0 Å². The van der Waals surface area contributed by atoms with Crippen LogP contribution < -0.4 is 15.0 Å². The Balaban J connectivity index is 1.88. The Kier molecular flexibility index (Phi) is 5.05. The minimum Gasteiger partial charge on any atom is -0.477 e. The maximum atomic E-state index is 12.7. The van der Waals surface area contributed by atoms with E-state index in [9.17, 15) is 9.59 Å². The highest BCUT2D eigenvalue weighted by Crippen LogP contribution is 2.33. The third-order valence-corrected chi connectivity index (χ3v) is 4.23. The van der Waals surface area contributed by atoms with E-state index >= 15 is 0 Å². The number of likely N-dealkylation sites (N-methyl/N-ethyl adjacent to an activating group) is 1. The van der Waals surface area contributed by atoms with E-state index in [-0.39, 0.29) is 18.4 Å². The van der Waals surface area contributed by atoms with Crippen molar-refractivity contribution in [3.05, 3.63) is 65.2 Å². The van der Waals surface area contributed by atoms with Gasteiger partial charge in [-0.3, -0.25) is 9.59 Å². The first-order chi connectivity index (χ1) is 12.1. The Labute approximate surface area is 150 Å². The average molecular weight is 357 g/mol. The van der Waals surface area contributed by atoms with Crippen molar-refractivity contribution in [3.63, 3.8) is 0 Å². The van der Waals surface area contributed by atoms with Gasteiger partial charge in [-0.2, -0.15) is 0 Å². The van der Waals surface area contributed by atoms with Crippen molar-refractivity contribution in [2.45, 2.75) is 6.10 Å². The molecule has 0 fully saturated rings. The Morgan fingerprint density at radius 2 is 1.92 bits per heavy atom. The Bertz CT molecular complexity index is 835. The first-order valence-corrected chi connectivity index (χ1v) is 8.19. The summed E-state index contributed by atoms with van der Waals surface area (Å²) in [5.41, 5.74) is 1.39. The SMILES string of the molecule is CNC(=O)C1CN(C(=O)/C=C/c2ccccc2Cl)c2ccccc2O1. The van der Waals surface area contributed by atoms with Crippen LogP contribution in [-0.2, 0) is 9.59 Å². The van der Waals surface area contributed by atoms with Crippen molar-refractivity contribution >= 4 is 35.2 Å². The number of benzene rings is 2. The van der Waals surface area contributed by atoms with Crippen LogP contribution in [-0.4, -0.2) is 31.5 Å². The van der Waals surface area contributed by atoms with E-state index in [2.05, 4.69) is 5.32 Å². The second-order valence-electron chi connectivity index (χ2n) is 5.49. The molecule has 0 saturated carbocycles. The van der Waals surface area contributed by atoms with E-state index in [1.54, 1.807) is 30.3 Å². The zero-order chi connectivity index (χ0) is 17.8. The molecule has 0 saturated heterocycles. The molecule has 25 heavy (non-hydrogen) atoms. The monoisotopic (exact) mass is 356 g/mol. The van der Waals surface area contributed by atoms with Gasteiger partial charge in [0, 0.05) is 18.1 Å². The summed E-state index contributed by atoms with van der Waals surface area (Å²) in [4.78, 5) is 26.2. The summed E-state index contributed by atoms with van der Waals surface area (Å²) in [5, 5.41) is 3.12. The quantitative estimate of drug-likeness (QED) is 0.860. The van der Waals surface area contributed by atoms with Crippen LogP contribution in [0.2, 0.25) is 5.02 Å². The smallest absolute Gasteiger partial charge is 0.262 e. The topological polar surface area (TPSA) is 58.6 Å². The highest BCUT2D eigenvalue weighted by molar-refractivity contribution is 6.32. The molecule has 128 valence electrons. The van der Waals surface area contributed by atoms with Crippen molar-refractivity contribution in [1.82, 2.24) is 5.32 Å². The molecule has 1 aliphatic heterocycles.